The Labute approximate surface area is 56.4 Å². The van der Waals surface area contributed by atoms with E-state index in [9.17, 15) is 0 Å². The van der Waals surface area contributed by atoms with Crippen LogP contribution < -0.4 is 5.32 Å². The molecule has 2 heteroatoms. The Morgan fingerprint density at radius 1 is 1.67 bits per heavy atom. The lowest BCUT2D eigenvalue weighted by Gasteiger charge is -2.06. The van der Waals surface area contributed by atoms with E-state index in [0.29, 0.717) is 5.92 Å². The molecule has 1 N–H and O–H groups in total. The lowest BCUT2D eigenvalue weighted by atomic mass is 10.1. The molecule has 0 radical (unpaired) electrons. The summed E-state index contributed by atoms with van der Waals surface area (Å²) < 4.78 is 0. The highest BCUT2D eigenvalue weighted by Gasteiger charge is 2.06. The van der Waals surface area contributed by atoms with Gasteiger partial charge in [-0.15, -0.1) is 0 Å². The second-order valence-corrected chi connectivity index (χ2v) is 2.63. The van der Waals surface area contributed by atoms with Gasteiger partial charge in [-0.05, 0) is 6.92 Å². The minimum atomic E-state index is 0.632. The molecule has 0 aliphatic carbocycles. The van der Waals surface area contributed by atoms with Gasteiger partial charge < -0.3 is 5.32 Å². The maximum atomic E-state index is 4.36. The Bertz CT molecular complexity index is 118. The molecule has 1 aliphatic heterocycles. The van der Waals surface area contributed by atoms with Gasteiger partial charge in [0.1, 0.15) is 0 Å². The first-order valence-electron chi connectivity index (χ1n) is 3.52. The first kappa shape index (κ1) is 6.75. The Balaban J connectivity index is 2.51. The Hall–Kier alpha value is -0.370. The summed E-state index contributed by atoms with van der Waals surface area (Å²) in [5.41, 5.74) is 1.29. The molecule has 0 saturated carbocycles. The fraction of sp³-hybridized carbons (Fsp3) is 0.857. The third kappa shape index (κ3) is 1.79. The average Bonchev–Trinajstić information content (AvgIpc) is 1.99. The van der Waals surface area contributed by atoms with Crippen LogP contribution in [-0.4, -0.2) is 25.3 Å². The van der Waals surface area contributed by atoms with E-state index < -0.39 is 0 Å². The van der Waals surface area contributed by atoms with Crippen molar-refractivity contribution in [1.29, 1.82) is 0 Å². The van der Waals surface area contributed by atoms with Crippen molar-refractivity contribution >= 4 is 5.71 Å². The van der Waals surface area contributed by atoms with E-state index in [1.54, 1.807) is 0 Å². The highest BCUT2D eigenvalue weighted by molar-refractivity contribution is 5.84. The van der Waals surface area contributed by atoms with Crippen LogP contribution in [0.5, 0.6) is 0 Å². The van der Waals surface area contributed by atoms with Crippen molar-refractivity contribution in [3.05, 3.63) is 0 Å². The summed E-state index contributed by atoms with van der Waals surface area (Å²) in [6.07, 6.45) is 0. The van der Waals surface area contributed by atoms with E-state index in [4.69, 9.17) is 0 Å². The van der Waals surface area contributed by atoms with E-state index >= 15 is 0 Å². The summed E-state index contributed by atoms with van der Waals surface area (Å²) in [7, 11) is 0. The van der Waals surface area contributed by atoms with Crippen LogP contribution in [0.15, 0.2) is 4.99 Å². The van der Waals surface area contributed by atoms with Gasteiger partial charge in [0.25, 0.3) is 0 Å². The molecule has 52 valence electrons. The molecule has 0 bridgehead atoms. The van der Waals surface area contributed by atoms with Crippen LogP contribution in [0, 0.1) is 5.92 Å². The summed E-state index contributed by atoms with van der Waals surface area (Å²) in [5.74, 6) is 0.632. The van der Waals surface area contributed by atoms with Gasteiger partial charge in [-0.25, -0.2) is 0 Å². The maximum Gasteiger partial charge on any atom is 0.0513 e. The van der Waals surface area contributed by atoms with Gasteiger partial charge >= 0.3 is 0 Å². The van der Waals surface area contributed by atoms with E-state index in [1.165, 1.54) is 5.71 Å². The molecule has 0 spiro atoms. The second kappa shape index (κ2) is 2.97. The molecule has 1 unspecified atom stereocenters. The van der Waals surface area contributed by atoms with E-state index in [0.717, 1.165) is 19.6 Å². The van der Waals surface area contributed by atoms with Gasteiger partial charge in [0.2, 0.25) is 0 Å². The Morgan fingerprint density at radius 2 is 2.44 bits per heavy atom. The van der Waals surface area contributed by atoms with Crippen LogP contribution >= 0.6 is 0 Å². The molecular formula is C7H14N2. The molecule has 1 aliphatic rings. The quantitative estimate of drug-likeness (QED) is 0.507. The van der Waals surface area contributed by atoms with Gasteiger partial charge in [-0.3, -0.25) is 4.99 Å². The van der Waals surface area contributed by atoms with E-state index in [1.807, 2.05) is 0 Å². The van der Waals surface area contributed by atoms with Crippen LogP contribution in [0.1, 0.15) is 13.8 Å². The van der Waals surface area contributed by atoms with Crippen LogP contribution in [0.4, 0.5) is 0 Å². The van der Waals surface area contributed by atoms with E-state index in [2.05, 4.69) is 24.2 Å². The maximum absolute atomic E-state index is 4.36. The van der Waals surface area contributed by atoms with Crippen LogP contribution in [0.25, 0.3) is 0 Å². The summed E-state index contributed by atoms with van der Waals surface area (Å²) in [6.45, 7) is 7.40. The molecular weight excluding hydrogens is 112 g/mol. The molecule has 1 heterocycles. The highest BCUT2D eigenvalue weighted by atomic mass is 14.9. The van der Waals surface area contributed by atoms with Crippen molar-refractivity contribution < 1.29 is 0 Å². The Kier molecular flexibility index (Phi) is 2.22. The minimum Gasteiger partial charge on any atom is -0.314 e. The summed E-state index contributed by atoms with van der Waals surface area (Å²) in [5, 5.41) is 3.31. The molecule has 1 rings (SSSR count). The second-order valence-electron chi connectivity index (χ2n) is 2.63. The Morgan fingerprint density at radius 3 is 3.22 bits per heavy atom. The normalized spacial score (nSPS) is 29.1. The lowest BCUT2D eigenvalue weighted by molar-refractivity contribution is 0.643. The topological polar surface area (TPSA) is 24.4 Å². The number of rotatable bonds is 0. The number of hydrogen-bond donors (Lipinski definition) is 1. The van der Waals surface area contributed by atoms with Gasteiger partial charge in [-0.1, -0.05) is 6.92 Å². The molecule has 0 amide bonds. The highest BCUT2D eigenvalue weighted by Crippen LogP contribution is 1.99. The van der Waals surface area contributed by atoms with Gasteiger partial charge in [0, 0.05) is 24.7 Å². The minimum absolute atomic E-state index is 0.632. The molecule has 0 aromatic heterocycles. The molecule has 0 fully saturated rings. The molecule has 1 atom stereocenters. The fourth-order valence-electron chi connectivity index (χ4n) is 0.933. The zero-order valence-electron chi connectivity index (χ0n) is 6.15. The summed E-state index contributed by atoms with van der Waals surface area (Å²) in [6, 6.07) is 0. The van der Waals surface area contributed by atoms with Crippen LogP contribution in [0.3, 0.4) is 0 Å². The number of aliphatic imine (C=N–C) groups is 1. The van der Waals surface area contributed by atoms with Crippen molar-refractivity contribution in [1.82, 2.24) is 5.32 Å². The summed E-state index contributed by atoms with van der Waals surface area (Å²) >= 11 is 0. The summed E-state index contributed by atoms with van der Waals surface area (Å²) in [4.78, 5) is 4.36. The van der Waals surface area contributed by atoms with Crippen molar-refractivity contribution in [3.8, 4) is 0 Å². The molecule has 0 aromatic rings. The third-order valence-corrected chi connectivity index (χ3v) is 1.81. The first-order chi connectivity index (χ1) is 4.30. The lowest BCUT2D eigenvalue weighted by Crippen LogP contribution is -2.23. The number of nitrogens with zero attached hydrogens (tertiary/aromatic N) is 1. The standard InChI is InChI=1S/C7H14N2/c1-6-5-8-3-4-9-7(6)2/h6,8H,3-5H2,1-2H3. The van der Waals surface area contributed by atoms with Crippen molar-refractivity contribution in [2.75, 3.05) is 19.6 Å². The average molecular weight is 126 g/mol. The monoisotopic (exact) mass is 126 g/mol. The van der Waals surface area contributed by atoms with Gasteiger partial charge in [0.05, 0.1) is 6.54 Å². The fourth-order valence-corrected chi connectivity index (χ4v) is 0.933. The first-order valence-corrected chi connectivity index (χ1v) is 3.52. The van der Waals surface area contributed by atoms with Crippen LogP contribution in [0.2, 0.25) is 0 Å². The largest absolute Gasteiger partial charge is 0.314 e. The predicted molar refractivity (Wildman–Crippen MR) is 40.0 cm³/mol. The zero-order valence-corrected chi connectivity index (χ0v) is 6.15. The van der Waals surface area contributed by atoms with Crippen molar-refractivity contribution in [2.24, 2.45) is 10.9 Å². The van der Waals surface area contributed by atoms with Gasteiger partial charge in [-0.2, -0.15) is 0 Å². The molecule has 9 heavy (non-hydrogen) atoms. The predicted octanol–water partition coefficient (Wildman–Crippen LogP) is 0.687. The van der Waals surface area contributed by atoms with E-state index in [-0.39, 0.29) is 0 Å². The number of hydrogen-bond acceptors (Lipinski definition) is 2. The smallest absolute Gasteiger partial charge is 0.0513 e. The zero-order chi connectivity index (χ0) is 6.69. The number of nitrogens with one attached hydrogen (secondary N) is 1. The molecule has 0 aromatic carbocycles. The van der Waals surface area contributed by atoms with Gasteiger partial charge in [0.15, 0.2) is 0 Å². The molecule has 0 saturated heterocycles. The third-order valence-electron chi connectivity index (χ3n) is 1.81. The molecule has 2 nitrogen and oxygen atoms in total. The SMILES string of the molecule is CC1=NCCNCC1C. The van der Waals surface area contributed by atoms with Crippen molar-refractivity contribution in [3.63, 3.8) is 0 Å². The van der Waals surface area contributed by atoms with Crippen LogP contribution in [-0.2, 0) is 0 Å². The van der Waals surface area contributed by atoms with Crippen molar-refractivity contribution in [2.45, 2.75) is 13.8 Å².